The Balaban J connectivity index is 2.40. The van der Waals surface area contributed by atoms with Gasteiger partial charge in [0.25, 0.3) is 0 Å². The van der Waals surface area contributed by atoms with Crippen molar-refractivity contribution in [3.63, 3.8) is 0 Å². The van der Waals surface area contributed by atoms with Crippen molar-refractivity contribution in [2.75, 3.05) is 12.8 Å². The van der Waals surface area contributed by atoms with Gasteiger partial charge in [-0.15, -0.1) is 0 Å². The van der Waals surface area contributed by atoms with E-state index in [1.54, 1.807) is 18.2 Å². The number of anilines is 1. The third-order valence-electron chi connectivity index (χ3n) is 2.08. The maximum absolute atomic E-state index is 5.90. The molecule has 0 atom stereocenters. The molecule has 5 nitrogen and oxygen atoms in total. The summed E-state index contributed by atoms with van der Waals surface area (Å²) in [6.07, 6.45) is 0. The van der Waals surface area contributed by atoms with Crippen LogP contribution in [0.3, 0.4) is 0 Å². The molecule has 1 aromatic carbocycles. The molecular weight excluding hydrogens is 277 g/mol. The molecule has 1 aromatic heterocycles. The molecule has 0 amide bonds. The summed E-state index contributed by atoms with van der Waals surface area (Å²) in [7, 11) is 1.53. The van der Waals surface area contributed by atoms with Gasteiger partial charge < -0.3 is 15.2 Å². The molecule has 0 aliphatic heterocycles. The quantitative estimate of drug-likeness (QED) is 0.877. The Bertz CT molecular complexity index is 555. The summed E-state index contributed by atoms with van der Waals surface area (Å²) < 4.78 is 10.7. The number of halogens is 2. The third kappa shape index (κ3) is 2.57. The molecule has 1 heterocycles. The molecule has 0 saturated carbocycles. The lowest BCUT2D eigenvalue weighted by Crippen LogP contribution is -1.99. The van der Waals surface area contributed by atoms with Crippen molar-refractivity contribution in [2.24, 2.45) is 0 Å². The number of methoxy groups -OCH3 is 1. The van der Waals surface area contributed by atoms with E-state index in [2.05, 4.69) is 9.97 Å². The first-order valence-electron chi connectivity index (χ1n) is 4.91. The first-order valence-corrected chi connectivity index (χ1v) is 5.66. The lowest BCUT2D eigenvalue weighted by Gasteiger charge is -2.11. The first-order chi connectivity index (χ1) is 8.61. The fourth-order valence-electron chi connectivity index (χ4n) is 1.31. The lowest BCUT2D eigenvalue weighted by molar-refractivity contribution is 0.378. The highest BCUT2D eigenvalue weighted by Crippen LogP contribution is 2.37. The van der Waals surface area contributed by atoms with Gasteiger partial charge in [0.05, 0.1) is 7.11 Å². The smallest absolute Gasteiger partial charge is 0.223 e. The molecule has 2 N–H and O–H groups in total. The predicted molar refractivity (Wildman–Crippen MR) is 69.5 cm³/mol. The molecule has 0 fully saturated rings. The van der Waals surface area contributed by atoms with Crippen LogP contribution in [0.15, 0.2) is 24.3 Å². The molecule has 18 heavy (non-hydrogen) atoms. The number of benzene rings is 1. The van der Waals surface area contributed by atoms with E-state index >= 15 is 0 Å². The summed E-state index contributed by atoms with van der Waals surface area (Å²) in [6, 6.07) is 7.06. The molecule has 0 radical (unpaired) electrons. The second-order valence-electron chi connectivity index (χ2n) is 3.25. The zero-order chi connectivity index (χ0) is 13.1. The Labute approximate surface area is 113 Å². The monoisotopic (exact) mass is 285 g/mol. The number of hydrogen-bond acceptors (Lipinski definition) is 5. The number of rotatable bonds is 3. The van der Waals surface area contributed by atoms with Crippen LogP contribution in [-0.2, 0) is 0 Å². The van der Waals surface area contributed by atoms with E-state index in [1.165, 1.54) is 7.11 Å². The molecule has 2 aromatic rings. The number of ether oxygens (including phenoxy) is 2. The van der Waals surface area contributed by atoms with Gasteiger partial charge in [-0.1, -0.05) is 35.3 Å². The fourth-order valence-corrected chi connectivity index (χ4v) is 1.79. The predicted octanol–water partition coefficient (Wildman–Crippen LogP) is 3.17. The summed E-state index contributed by atoms with van der Waals surface area (Å²) >= 11 is 11.8. The van der Waals surface area contributed by atoms with E-state index in [9.17, 15) is 0 Å². The Hall–Kier alpha value is -1.72. The average molecular weight is 286 g/mol. The van der Waals surface area contributed by atoms with Crippen molar-refractivity contribution in [2.45, 2.75) is 0 Å². The minimum atomic E-state index is -0.0163. The standard InChI is InChI=1S/C11H9Cl2N3O2/c1-17-6-4-2-3-5-7(6)18-8-9(12)15-11(14)16-10(8)13/h2-5H,1H3,(H2,14,15,16). The molecule has 0 aliphatic carbocycles. The first kappa shape index (κ1) is 12.7. The molecule has 0 aliphatic rings. The highest BCUT2D eigenvalue weighted by molar-refractivity contribution is 6.35. The maximum Gasteiger partial charge on any atom is 0.223 e. The van der Waals surface area contributed by atoms with Crippen LogP contribution < -0.4 is 15.2 Å². The normalized spacial score (nSPS) is 10.2. The van der Waals surface area contributed by atoms with Crippen molar-refractivity contribution < 1.29 is 9.47 Å². The van der Waals surface area contributed by atoms with Crippen LogP contribution in [0.5, 0.6) is 17.2 Å². The summed E-state index contributed by atoms with van der Waals surface area (Å²) in [5.74, 6) is 1.12. The summed E-state index contributed by atoms with van der Waals surface area (Å²) in [4.78, 5) is 7.54. The van der Waals surface area contributed by atoms with Crippen LogP contribution in [0.4, 0.5) is 5.95 Å². The Morgan fingerprint density at radius 3 is 2.17 bits per heavy atom. The summed E-state index contributed by atoms with van der Waals surface area (Å²) in [5.41, 5.74) is 5.41. The highest BCUT2D eigenvalue weighted by Gasteiger charge is 2.14. The highest BCUT2D eigenvalue weighted by atomic mass is 35.5. The van der Waals surface area contributed by atoms with Crippen molar-refractivity contribution in [3.05, 3.63) is 34.6 Å². The molecular formula is C11H9Cl2N3O2. The van der Waals surface area contributed by atoms with Crippen LogP contribution in [0.25, 0.3) is 0 Å². The minimum absolute atomic E-state index is 0.0163. The van der Waals surface area contributed by atoms with Gasteiger partial charge in [-0.2, -0.15) is 9.97 Å². The van der Waals surface area contributed by atoms with Crippen LogP contribution in [-0.4, -0.2) is 17.1 Å². The maximum atomic E-state index is 5.90. The molecule has 0 unspecified atom stereocenters. The molecule has 94 valence electrons. The van der Waals surface area contributed by atoms with E-state index < -0.39 is 0 Å². The van der Waals surface area contributed by atoms with Gasteiger partial charge in [-0.05, 0) is 12.1 Å². The van der Waals surface area contributed by atoms with Gasteiger partial charge in [-0.25, -0.2) is 0 Å². The van der Waals surface area contributed by atoms with Gasteiger partial charge >= 0.3 is 0 Å². The van der Waals surface area contributed by atoms with Gasteiger partial charge in [0.2, 0.25) is 11.7 Å². The molecule has 0 spiro atoms. The molecule has 0 bridgehead atoms. The van der Waals surface area contributed by atoms with Crippen LogP contribution in [0.2, 0.25) is 10.3 Å². The molecule has 2 rings (SSSR count). The topological polar surface area (TPSA) is 70.3 Å². The zero-order valence-corrected chi connectivity index (χ0v) is 10.9. The number of aromatic nitrogens is 2. The van der Waals surface area contributed by atoms with Crippen molar-refractivity contribution in [3.8, 4) is 17.2 Å². The average Bonchev–Trinajstić information content (AvgIpc) is 2.34. The van der Waals surface area contributed by atoms with E-state index in [-0.39, 0.29) is 22.0 Å². The van der Waals surface area contributed by atoms with Gasteiger partial charge in [0.1, 0.15) is 0 Å². The van der Waals surface area contributed by atoms with Crippen molar-refractivity contribution in [1.82, 2.24) is 9.97 Å². The van der Waals surface area contributed by atoms with Crippen molar-refractivity contribution in [1.29, 1.82) is 0 Å². The van der Waals surface area contributed by atoms with Gasteiger partial charge in [0, 0.05) is 0 Å². The second kappa shape index (κ2) is 5.29. The van der Waals surface area contributed by atoms with Crippen LogP contribution in [0.1, 0.15) is 0 Å². The Kier molecular flexibility index (Phi) is 3.74. The summed E-state index contributed by atoms with van der Waals surface area (Å²) in [6.45, 7) is 0. The van der Waals surface area contributed by atoms with E-state index in [4.69, 9.17) is 38.4 Å². The van der Waals surface area contributed by atoms with E-state index in [0.29, 0.717) is 11.5 Å². The van der Waals surface area contributed by atoms with E-state index in [1.807, 2.05) is 6.07 Å². The molecule has 0 saturated heterocycles. The third-order valence-corrected chi connectivity index (χ3v) is 2.59. The largest absolute Gasteiger partial charge is 0.493 e. The summed E-state index contributed by atoms with van der Waals surface area (Å²) in [5, 5.41) is 0.0804. The number of nitrogen functional groups attached to an aromatic ring is 1. The fraction of sp³-hybridized carbons (Fsp3) is 0.0909. The minimum Gasteiger partial charge on any atom is -0.493 e. The number of hydrogen-bond donors (Lipinski definition) is 1. The van der Waals surface area contributed by atoms with Gasteiger partial charge in [0.15, 0.2) is 21.8 Å². The van der Waals surface area contributed by atoms with Gasteiger partial charge in [-0.3, -0.25) is 0 Å². The van der Waals surface area contributed by atoms with Crippen LogP contribution in [0, 0.1) is 0 Å². The van der Waals surface area contributed by atoms with Crippen LogP contribution >= 0.6 is 23.2 Å². The zero-order valence-electron chi connectivity index (χ0n) is 9.35. The number of nitrogens with two attached hydrogens (primary N) is 1. The SMILES string of the molecule is COc1ccccc1Oc1c(Cl)nc(N)nc1Cl. The Morgan fingerprint density at radius 1 is 1.06 bits per heavy atom. The number of para-hydroxylation sites is 2. The second-order valence-corrected chi connectivity index (χ2v) is 3.96. The van der Waals surface area contributed by atoms with E-state index in [0.717, 1.165) is 0 Å². The molecule has 7 heteroatoms. The Morgan fingerprint density at radius 2 is 1.61 bits per heavy atom. The van der Waals surface area contributed by atoms with Crippen molar-refractivity contribution >= 4 is 29.2 Å². The number of nitrogens with zero attached hydrogens (tertiary/aromatic N) is 2. The lowest BCUT2D eigenvalue weighted by atomic mass is 10.3.